The molecule has 108 valence electrons. The third-order valence-corrected chi connectivity index (χ3v) is 3.56. The van der Waals surface area contributed by atoms with Crippen LogP contribution in [-0.4, -0.2) is 14.8 Å². The Morgan fingerprint density at radius 3 is 2.40 bits per heavy atom. The summed E-state index contributed by atoms with van der Waals surface area (Å²) in [6.07, 6.45) is 3.38. The maximum atomic E-state index is 6.30. The van der Waals surface area contributed by atoms with E-state index in [0.29, 0.717) is 5.92 Å². The van der Waals surface area contributed by atoms with Gasteiger partial charge in [-0.05, 0) is 23.5 Å². The molecular weight excluding hydrogens is 248 g/mol. The summed E-state index contributed by atoms with van der Waals surface area (Å²) in [6.45, 7) is 7.43. The fraction of sp³-hybridized carbons (Fsp3) is 0.500. The first-order valence-corrected chi connectivity index (χ1v) is 7.34. The lowest BCUT2D eigenvalue weighted by Gasteiger charge is -2.14. The van der Waals surface area contributed by atoms with Crippen LogP contribution in [0.2, 0.25) is 0 Å². The van der Waals surface area contributed by atoms with Gasteiger partial charge in [0.1, 0.15) is 12.2 Å². The zero-order chi connectivity index (χ0) is 14.5. The van der Waals surface area contributed by atoms with Crippen LogP contribution < -0.4 is 5.73 Å². The van der Waals surface area contributed by atoms with E-state index in [4.69, 9.17) is 5.73 Å². The van der Waals surface area contributed by atoms with Crippen molar-refractivity contribution in [2.75, 3.05) is 0 Å². The molecule has 1 aromatic heterocycles. The molecule has 20 heavy (non-hydrogen) atoms. The highest BCUT2D eigenvalue weighted by Crippen LogP contribution is 2.19. The largest absolute Gasteiger partial charge is 0.324 e. The highest BCUT2D eigenvalue weighted by Gasteiger charge is 2.12. The van der Waals surface area contributed by atoms with Gasteiger partial charge in [0.2, 0.25) is 0 Å². The molecule has 0 amide bonds. The fourth-order valence-corrected chi connectivity index (χ4v) is 2.29. The molecule has 4 heteroatoms. The van der Waals surface area contributed by atoms with E-state index in [-0.39, 0.29) is 6.04 Å². The van der Waals surface area contributed by atoms with Crippen molar-refractivity contribution in [3.63, 3.8) is 0 Å². The van der Waals surface area contributed by atoms with Gasteiger partial charge >= 0.3 is 0 Å². The number of aromatic nitrogens is 3. The lowest BCUT2D eigenvalue weighted by Crippen LogP contribution is -2.17. The Bertz CT molecular complexity index is 528. The SMILES string of the molecule is CCCn1ncnc1CC(N)c1ccc(C(C)C)cc1. The first kappa shape index (κ1) is 14.7. The standard InChI is InChI=1S/C16H24N4/c1-4-9-20-16(18-11-19-20)10-15(17)14-7-5-13(6-8-14)12(2)3/h5-8,11-12,15H,4,9-10,17H2,1-3H3. The second-order valence-electron chi connectivity index (χ2n) is 5.53. The summed E-state index contributed by atoms with van der Waals surface area (Å²) in [5, 5.41) is 4.24. The molecule has 1 atom stereocenters. The molecule has 2 rings (SSSR count). The normalized spacial score (nSPS) is 12.8. The van der Waals surface area contributed by atoms with E-state index in [0.717, 1.165) is 30.8 Å². The van der Waals surface area contributed by atoms with Gasteiger partial charge in [0, 0.05) is 19.0 Å². The lowest BCUT2D eigenvalue weighted by molar-refractivity contribution is 0.548. The molecular formula is C16H24N4. The average Bonchev–Trinajstić information content (AvgIpc) is 2.86. The predicted molar refractivity (Wildman–Crippen MR) is 81.5 cm³/mol. The minimum Gasteiger partial charge on any atom is -0.324 e. The van der Waals surface area contributed by atoms with Crippen LogP contribution >= 0.6 is 0 Å². The van der Waals surface area contributed by atoms with Crippen molar-refractivity contribution in [2.45, 2.75) is 52.1 Å². The van der Waals surface area contributed by atoms with Gasteiger partial charge in [-0.15, -0.1) is 0 Å². The van der Waals surface area contributed by atoms with Crippen LogP contribution in [0.1, 0.15) is 56.1 Å². The Morgan fingerprint density at radius 2 is 1.80 bits per heavy atom. The summed E-state index contributed by atoms with van der Waals surface area (Å²) in [6, 6.07) is 8.55. The van der Waals surface area contributed by atoms with E-state index >= 15 is 0 Å². The van der Waals surface area contributed by atoms with E-state index in [9.17, 15) is 0 Å². The molecule has 2 N–H and O–H groups in total. The quantitative estimate of drug-likeness (QED) is 0.879. The molecule has 4 nitrogen and oxygen atoms in total. The highest BCUT2D eigenvalue weighted by molar-refractivity contribution is 5.27. The topological polar surface area (TPSA) is 56.7 Å². The number of benzene rings is 1. The van der Waals surface area contributed by atoms with Gasteiger partial charge < -0.3 is 5.73 Å². The molecule has 0 fully saturated rings. The highest BCUT2D eigenvalue weighted by atomic mass is 15.3. The van der Waals surface area contributed by atoms with Gasteiger partial charge in [0.05, 0.1) is 0 Å². The Kier molecular flexibility index (Phi) is 4.90. The van der Waals surface area contributed by atoms with Crippen LogP contribution in [0.3, 0.4) is 0 Å². The summed E-state index contributed by atoms with van der Waals surface area (Å²) in [5.74, 6) is 1.51. The number of hydrogen-bond acceptors (Lipinski definition) is 3. The minimum atomic E-state index is -0.0315. The lowest BCUT2D eigenvalue weighted by atomic mass is 9.98. The molecule has 0 aliphatic rings. The van der Waals surface area contributed by atoms with Gasteiger partial charge in [0.25, 0.3) is 0 Å². The van der Waals surface area contributed by atoms with Gasteiger partial charge in [-0.1, -0.05) is 45.0 Å². The molecule has 1 aromatic carbocycles. The Hall–Kier alpha value is -1.68. The van der Waals surface area contributed by atoms with Crippen molar-refractivity contribution < 1.29 is 0 Å². The van der Waals surface area contributed by atoms with Crippen molar-refractivity contribution in [1.29, 1.82) is 0 Å². The van der Waals surface area contributed by atoms with E-state index in [2.05, 4.69) is 55.1 Å². The van der Waals surface area contributed by atoms with E-state index in [1.54, 1.807) is 6.33 Å². The Labute approximate surface area is 121 Å². The predicted octanol–water partition coefficient (Wildman–Crippen LogP) is 3.05. The molecule has 0 aliphatic heterocycles. The minimum absolute atomic E-state index is 0.0315. The maximum absolute atomic E-state index is 6.30. The number of rotatable bonds is 6. The van der Waals surface area contributed by atoms with Crippen LogP contribution in [0.4, 0.5) is 0 Å². The van der Waals surface area contributed by atoms with Crippen LogP contribution in [0.5, 0.6) is 0 Å². The second kappa shape index (κ2) is 6.66. The van der Waals surface area contributed by atoms with E-state index < -0.39 is 0 Å². The van der Waals surface area contributed by atoms with E-state index in [1.807, 2.05) is 4.68 Å². The summed E-state index contributed by atoms with van der Waals surface area (Å²) < 4.78 is 1.95. The zero-order valence-electron chi connectivity index (χ0n) is 12.6. The van der Waals surface area contributed by atoms with Crippen LogP contribution in [0.25, 0.3) is 0 Å². The third kappa shape index (κ3) is 3.45. The number of hydrogen-bond donors (Lipinski definition) is 1. The maximum Gasteiger partial charge on any atom is 0.138 e. The molecule has 0 saturated carbocycles. The first-order valence-electron chi connectivity index (χ1n) is 7.34. The molecule has 0 saturated heterocycles. The summed E-state index contributed by atoms with van der Waals surface area (Å²) in [5.41, 5.74) is 8.79. The molecule has 0 radical (unpaired) electrons. The zero-order valence-corrected chi connectivity index (χ0v) is 12.6. The second-order valence-corrected chi connectivity index (χ2v) is 5.53. The smallest absolute Gasteiger partial charge is 0.138 e. The van der Waals surface area contributed by atoms with Gasteiger partial charge in [-0.2, -0.15) is 5.10 Å². The van der Waals surface area contributed by atoms with Gasteiger partial charge in [-0.3, -0.25) is 4.68 Å². The summed E-state index contributed by atoms with van der Waals surface area (Å²) in [4.78, 5) is 4.32. The van der Waals surface area contributed by atoms with Crippen molar-refractivity contribution >= 4 is 0 Å². The average molecular weight is 272 g/mol. The van der Waals surface area contributed by atoms with Crippen molar-refractivity contribution in [1.82, 2.24) is 14.8 Å². The van der Waals surface area contributed by atoms with Gasteiger partial charge in [0.15, 0.2) is 0 Å². The summed E-state index contributed by atoms with van der Waals surface area (Å²) >= 11 is 0. The molecule has 0 bridgehead atoms. The molecule has 0 spiro atoms. The number of nitrogens with two attached hydrogens (primary N) is 1. The molecule has 1 unspecified atom stereocenters. The Morgan fingerprint density at radius 1 is 1.15 bits per heavy atom. The molecule has 0 aliphatic carbocycles. The van der Waals surface area contributed by atoms with Crippen LogP contribution in [0, 0.1) is 0 Å². The van der Waals surface area contributed by atoms with Crippen LogP contribution in [0.15, 0.2) is 30.6 Å². The first-order chi connectivity index (χ1) is 9.61. The molecule has 2 aromatic rings. The van der Waals surface area contributed by atoms with Crippen molar-refractivity contribution in [3.05, 3.63) is 47.5 Å². The fourth-order valence-electron chi connectivity index (χ4n) is 2.29. The number of nitrogens with zero attached hydrogens (tertiary/aromatic N) is 3. The molecule has 1 heterocycles. The van der Waals surface area contributed by atoms with Crippen molar-refractivity contribution in [2.24, 2.45) is 5.73 Å². The Balaban J connectivity index is 2.07. The monoisotopic (exact) mass is 272 g/mol. The van der Waals surface area contributed by atoms with Crippen LogP contribution in [-0.2, 0) is 13.0 Å². The van der Waals surface area contributed by atoms with Gasteiger partial charge in [-0.25, -0.2) is 4.98 Å². The number of aryl methyl sites for hydroxylation is 1. The summed E-state index contributed by atoms with van der Waals surface area (Å²) in [7, 11) is 0. The van der Waals surface area contributed by atoms with Crippen molar-refractivity contribution in [3.8, 4) is 0 Å². The third-order valence-electron chi connectivity index (χ3n) is 3.56. The van der Waals surface area contributed by atoms with E-state index in [1.165, 1.54) is 5.56 Å².